The van der Waals surface area contributed by atoms with Crippen LogP contribution in [0, 0.1) is 17.0 Å². The highest BCUT2D eigenvalue weighted by Crippen LogP contribution is 2.39. The first kappa shape index (κ1) is 22.5. The van der Waals surface area contributed by atoms with Crippen LogP contribution in [0.4, 0.5) is 5.69 Å². The Balaban J connectivity index is 1.92. The molecule has 1 aliphatic heterocycles. The van der Waals surface area contributed by atoms with E-state index in [4.69, 9.17) is 9.47 Å². The van der Waals surface area contributed by atoms with E-state index in [2.05, 4.69) is 11.8 Å². The Hall–Kier alpha value is -3.19. The topological polar surface area (TPSA) is 81.9 Å². The number of ketones is 1. The van der Waals surface area contributed by atoms with Crippen molar-refractivity contribution in [2.24, 2.45) is 0 Å². The van der Waals surface area contributed by atoms with Crippen molar-refractivity contribution in [3.8, 4) is 11.5 Å². The van der Waals surface area contributed by atoms with Gasteiger partial charge in [-0.2, -0.15) is 0 Å². The Morgan fingerprint density at radius 2 is 2.06 bits per heavy atom. The van der Waals surface area contributed by atoms with E-state index in [-0.39, 0.29) is 29.6 Å². The van der Waals surface area contributed by atoms with Crippen LogP contribution >= 0.6 is 0 Å². The molecule has 7 nitrogen and oxygen atoms in total. The summed E-state index contributed by atoms with van der Waals surface area (Å²) in [4.78, 5) is 25.9. The van der Waals surface area contributed by atoms with Gasteiger partial charge in [-0.15, -0.1) is 0 Å². The lowest BCUT2D eigenvalue weighted by Gasteiger charge is -2.27. The average molecular weight is 424 g/mol. The van der Waals surface area contributed by atoms with Gasteiger partial charge in [0.15, 0.2) is 11.5 Å². The van der Waals surface area contributed by atoms with Crippen LogP contribution in [0.1, 0.15) is 36.5 Å². The lowest BCUT2D eigenvalue weighted by molar-refractivity contribution is -0.386. The molecular weight excluding hydrogens is 396 g/mol. The number of Topliss-reactive ketones (excluding diaryl/α,β-unsaturated/α-hetero) is 1. The first-order chi connectivity index (χ1) is 14.9. The summed E-state index contributed by atoms with van der Waals surface area (Å²) < 4.78 is 11.2. The molecule has 0 aliphatic carbocycles. The summed E-state index contributed by atoms with van der Waals surface area (Å²) in [6, 6.07) is 10.9. The Bertz CT molecular complexity index is 999. The summed E-state index contributed by atoms with van der Waals surface area (Å²) >= 11 is 0. The normalized spacial score (nSPS) is 15.8. The van der Waals surface area contributed by atoms with E-state index in [1.807, 2.05) is 31.2 Å². The molecule has 7 heteroatoms. The summed E-state index contributed by atoms with van der Waals surface area (Å²) in [6.45, 7) is 6.48. The van der Waals surface area contributed by atoms with Crippen molar-refractivity contribution in [3.63, 3.8) is 0 Å². The third-order valence-corrected chi connectivity index (χ3v) is 5.23. The number of nitro groups is 1. The van der Waals surface area contributed by atoms with Crippen LogP contribution in [0.3, 0.4) is 0 Å². The number of ether oxygens (including phenoxy) is 2. The quantitative estimate of drug-likeness (QED) is 0.351. The zero-order valence-electron chi connectivity index (χ0n) is 18.2. The van der Waals surface area contributed by atoms with E-state index in [9.17, 15) is 14.9 Å². The number of benzene rings is 2. The molecule has 2 aromatic rings. The molecule has 0 unspecified atom stereocenters. The van der Waals surface area contributed by atoms with Gasteiger partial charge in [-0.1, -0.05) is 36.8 Å². The van der Waals surface area contributed by atoms with Gasteiger partial charge in [-0.3, -0.25) is 19.8 Å². The molecule has 1 aliphatic rings. The Morgan fingerprint density at radius 1 is 1.26 bits per heavy atom. The monoisotopic (exact) mass is 424 g/mol. The molecule has 0 spiro atoms. The summed E-state index contributed by atoms with van der Waals surface area (Å²) in [7, 11) is 1.45. The predicted molar refractivity (Wildman–Crippen MR) is 119 cm³/mol. The second kappa shape index (κ2) is 10.2. The maximum absolute atomic E-state index is 12.4. The molecule has 1 saturated heterocycles. The molecule has 0 amide bonds. The largest absolute Gasteiger partial charge is 0.493 e. The maximum Gasteiger partial charge on any atom is 0.315 e. The van der Waals surface area contributed by atoms with Crippen molar-refractivity contribution in [1.29, 1.82) is 0 Å². The SMILES string of the molecule is CCCN1CCC(=O)/C(=C/c2cc(OC)c(OCc3cccc(C)c3)c([N+](=O)[O-])c2)C1. The third-order valence-electron chi connectivity index (χ3n) is 5.23. The van der Waals surface area contributed by atoms with E-state index in [0.29, 0.717) is 24.1 Å². The zero-order valence-corrected chi connectivity index (χ0v) is 18.2. The third kappa shape index (κ3) is 5.70. The molecule has 0 saturated carbocycles. The van der Waals surface area contributed by atoms with Gasteiger partial charge >= 0.3 is 5.69 Å². The molecule has 1 heterocycles. The summed E-state index contributed by atoms with van der Waals surface area (Å²) in [6.07, 6.45) is 3.19. The van der Waals surface area contributed by atoms with Crippen molar-refractivity contribution < 1.29 is 19.2 Å². The highest BCUT2D eigenvalue weighted by Gasteiger charge is 2.24. The number of hydrogen-bond acceptors (Lipinski definition) is 6. The van der Waals surface area contributed by atoms with Crippen LogP contribution in [-0.4, -0.2) is 42.4 Å². The molecule has 0 atom stereocenters. The van der Waals surface area contributed by atoms with Crippen LogP contribution in [0.5, 0.6) is 11.5 Å². The van der Waals surface area contributed by atoms with E-state index in [0.717, 1.165) is 30.6 Å². The standard InChI is InChI=1S/C24H28N2O5/c1-4-9-25-10-8-22(27)20(15-25)12-19-13-21(26(28)29)24(23(14-19)30-3)31-16-18-7-5-6-17(2)11-18/h5-7,11-14H,4,8-10,15-16H2,1-3H3/b20-12+. The van der Waals surface area contributed by atoms with E-state index < -0.39 is 4.92 Å². The smallest absolute Gasteiger partial charge is 0.315 e. The van der Waals surface area contributed by atoms with Crippen molar-refractivity contribution in [1.82, 2.24) is 4.90 Å². The van der Waals surface area contributed by atoms with Crippen molar-refractivity contribution in [2.75, 3.05) is 26.7 Å². The van der Waals surface area contributed by atoms with Crippen LogP contribution in [0.2, 0.25) is 0 Å². The fourth-order valence-corrected chi connectivity index (χ4v) is 3.74. The second-order valence-electron chi connectivity index (χ2n) is 7.73. The van der Waals surface area contributed by atoms with Crippen molar-refractivity contribution in [2.45, 2.75) is 33.3 Å². The minimum absolute atomic E-state index is 0.0775. The molecule has 0 bridgehead atoms. The Labute approximate surface area is 182 Å². The van der Waals surface area contributed by atoms with Gasteiger partial charge in [0.25, 0.3) is 0 Å². The van der Waals surface area contributed by atoms with Gasteiger partial charge in [0.2, 0.25) is 5.75 Å². The van der Waals surface area contributed by atoms with Crippen LogP contribution in [0.25, 0.3) is 6.08 Å². The average Bonchev–Trinajstić information content (AvgIpc) is 2.74. The summed E-state index contributed by atoms with van der Waals surface area (Å²) in [5.41, 5.74) is 3.01. The van der Waals surface area contributed by atoms with E-state index in [1.165, 1.54) is 13.2 Å². The number of likely N-dealkylation sites (tertiary alicyclic amines) is 1. The Morgan fingerprint density at radius 3 is 2.74 bits per heavy atom. The summed E-state index contributed by atoms with van der Waals surface area (Å²) in [5, 5.41) is 11.8. The number of carbonyl (C=O) groups is 1. The minimum Gasteiger partial charge on any atom is -0.493 e. The number of aryl methyl sites for hydroxylation is 1. The zero-order chi connectivity index (χ0) is 22.4. The molecule has 0 radical (unpaired) electrons. The number of nitro benzene ring substituents is 1. The van der Waals surface area contributed by atoms with E-state index in [1.54, 1.807) is 12.1 Å². The fraction of sp³-hybridized carbons (Fsp3) is 0.375. The fourth-order valence-electron chi connectivity index (χ4n) is 3.74. The lowest BCUT2D eigenvalue weighted by atomic mass is 9.99. The number of piperidine rings is 1. The number of carbonyl (C=O) groups excluding carboxylic acids is 1. The molecule has 2 aromatic carbocycles. The van der Waals surface area contributed by atoms with Gasteiger partial charge in [-0.05, 0) is 43.2 Å². The molecular formula is C24H28N2O5. The van der Waals surface area contributed by atoms with Crippen molar-refractivity contribution in [3.05, 3.63) is 68.8 Å². The van der Waals surface area contributed by atoms with Crippen LogP contribution in [0.15, 0.2) is 42.0 Å². The highest BCUT2D eigenvalue weighted by molar-refractivity contribution is 6.00. The van der Waals surface area contributed by atoms with Gasteiger partial charge in [0.05, 0.1) is 12.0 Å². The van der Waals surface area contributed by atoms with Gasteiger partial charge in [0.1, 0.15) is 6.61 Å². The molecule has 0 aromatic heterocycles. The number of rotatable bonds is 8. The van der Waals surface area contributed by atoms with Crippen LogP contribution in [-0.2, 0) is 11.4 Å². The van der Waals surface area contributed by atoms with Gasteiger partial charge < -0.3 is 9.47 Å². The maximum atomic E-state index is 12.4. The number of methoxy groups -OCH3 is 1. The first-order valence-corrected chi connectivity index (χ1v) is 10.4. The highest BCUT2D eigenvalue weighted by atomic mass is 16.6. The van der Waals surface area contributed by atoms with E-state index >= 15 is 0 Å². The molecule has 31 heavy (non-hydrogen) atoms. The van der Waals surface area contributed by atoms with Gasteiger partial charge in [0, 0.05) is 31.1 Å². The molecule has 164 valence electrons. The predicted octanol–water partition coefficient (Wildman–Crippen LogP) is 4.56. The first-order valence-electron chi connectivity index (χ1n) is 10.4. The summed E-state index contributed by atoms with van der Waals surface area (Å²) in [5.74, 6) is 0.426. The molecule has 3 rings (SSSR count). The Kier molecular flexibility index (Phi) is 7.41. The lowest BCUT2D eigenvalue weighted by Crippen LogP contribution is -2.36. The van der Waals surface area contributed by atoms with Crippen LogP contribution < -0.4 is 9.47 Å². The van der Waals surface area contributed by atoms with Gasteiger partial charge in [-0.25, -0.2) is 0 Å². The molecule has 1 fully saturated rings. The number of nitrogens with zero attached hydrogens (tertiary/aromatic N) is 2. The second-order valence-corrected chi connectivity index (χ2v) is 7.73. The molecule has 0 N–H and O–H groups in total. The number of hydrogen-bond donors (Lipinski definition) is 0. The minimum atomic E-state index is -0.484. The van der Waals surface area contributed by atoms with Crippen molar-refractivity contribution >= 4 is 17.5 Å².